The molecule has 1 saturated heterocycles. The molecule has 0 spiro atoms. The van der Waals surface area contributed by atoms with E-state index < -0.39 is 0 Å². The minimum Gasteiger partial charge on any atom is -0.371 e. The Hall–Kier alpha value is -1.13. The molecule has 2 heterocycles. The summed E-state index contributed by atoms with van der Waals surface area (Å²) in [5.74, 6) is 0.816. The van der Waals surface area contributed by atoms with E-state index in [2.05, 4.69) is 55.4 Å². The number of rotatable bonds is 3. The number of anilines is 1. The fourth-order valence-electron chi connectivity index (χ4n) is 3.05. The lowest BCUT2D eigenvalue weighted by Crippen LogP contribution is -2.36. The van der Waals surface area contributed by atoms with E-state index in [1.165, 1.54) is 23.9 Å². The molecule has 2 aromatic rings. The number of piperidine rings is 1. The number of hydrogen-bond acceptors (Lipinski definition) is 3. The third-order valence-electron chi connectivity index (χ3n) is 4.13. The molecule has 0 radical (unpaired) electrons. The van der Waals surface area contributed by atoms with Gasteiger partial charge in [0.2, 0.25) is 0 Å². The van der Waals surface area contributed by atoms with Gasteiger partial charge in [0.25, 0.3) is 0 Å². The van der Waals surface area contributed by atoms with Crippen LogP contribution in [0.2, 0.25) is 0 Å². The lowest BCUT2D eigenvalue weighted by molar-refractivity contribution is 0.394. The van der Waals surface area contributed by atoms with Crippen LogP contribution >= 0.6 is 15.9 Å². The summed E-state index contributed by atoms with van der Waals surface area (Å²) in [6.45, 7) is 3.41. The molecule has 1 aromatic carbocycles. The second-order valence-electron chi connectivity index (χ2n) is 5.48. The summed E-state index contributed by atoms with van der Waals surface area (Å²) < 4.78 is 1.12. The molecule has 1 aromatic heterocycles. The third-order valence-corrected chi connectivity index (χ3v) is 4.62. The van der Waals surface area contributed by atoms with Gasteiger partial charge in [-0.1, -0.05) is 15.9 Å². The molecule has 1 N–H and O–H groups in total. The van der Waals surface area contributed by atoms with Crippen LogP contribution in [0.4, 0.5) is 5.69 Å². The van der Waals surface area contributed by atoms with E-state index in [1.807, 2.05) is 13.2 Å². The molecule has 0 atom stereocenters. The van der Waals surface area contributed by atoms with Crippen LogP contribution in [0.5, 0.6) is 0 Å². The quantitative estimate of drug-likeness (QED) is 0.932. The summed E-state index contributed by atoms with van der Waals surface area (Å²) in [7, 11) is 2.04. The summed E-state index contributed by atoms with van der Waals surface area (Å²) in [4.78, 5) is 6.97. The molecule has 0 unspecified atom stereocenters. The molecule has 0 bridgehead atoms. The summed E-state index contributed by atoms with van der Waals surface area (Å²) in [6.07, 6.45) is 4.45. The van der Waals surface area contributed by atoms with Gasteiger partial charge in [0.05, 0.1) is 5.52 Å². The van der Waals surface area contributed by atoms with Gasteiger partial charge in [-0.3, -0.25) is 4.98 Å². The molecule has 0 amide bonds. The van der Waals surface area contributed by atoms with E-state index in [0.29, 0.717) is 0 Å². The minimum atomic E-state index is 0.816. The van der Waals surface area contributed by atoms with Gasteiger partial charge in [-0.05, 0) is 56.6 Å². The lowest BCUT2D eigenvalue weighted by Gasteiger charge is -2.34. The van der Waals surface area contributed by atoms with Gasteiger partial charge in [-0.25, -0.2) is 0 Å². The largest absolute Gasteiger partial charge is 0.371 e. The average Bonchev–Trinajstić information content (AvgIpc) is 2.48. The van der Waals surface area contributed by atoms with Gasteiger partial charge in [-0.2, -0.15) is 0 Å². The Morgan fingerprint density at radius 2 is 2.10 bits per heavy atom. The number of aromatic nitrogens is 1. The van der Waals surface area contributed by atoms with Gasteiger partial charge in [0.15, 0.2) is 0 Å². The Balaban J connectivity index is 1.86. The maximum atomic E-state index is 4.46. The molecule has 4 heteroatoms. The van der Waals surface area contributed by atoms with Crippen LogP contribution in [0.25, 0.3) is 10.9 Å². The first-order valence-electron chi connectivity index (χ1n) is 7.22. The zero-order chi connectivity index (χ0) is 13.9. The highest BCUT2D eigenvalue weighted by Gasteiger charge is 2.20. The smallest absolute Gasteiger partial charge is 0.0723 e. The normalized spacial score (nSPS) is 16.8. The van der Waals surface area contributed by atoms with Crippen molar-refractivity contribution in [2.75, 3.05) is 31.6 Å². The lowest BCUT2D eigenvalue weighted by atomic mass is 9.96. The van der Waals surface area contributed by atoms with Crippen molar-refractivity contribution < 1.29 is 0 Å². The summed E-state index contributed by atoms with van der Waals surface area (Å²) >= 11 is 3.57. The van der Waals surface area contributed by atoms with Crippen LogP contribution in [0.1, 0.15) is 12.8 Å². The number of hydrogen-bond donors (Lipinski definition) is 1. The van der Waals surface area contributed by atoms with Crippen LogP contribution in [0.3, 0.4) is 0 Å². The van der Waals surface area contributed by atoms with Gasteiger partial charge in [-0.15, -0.1) is 0 Å². The zero-order valence-electron chi connectivity index (χ0n) is 11.8. The number of nitrogens with one attached hydrogen (secondary N) is 1. The van der Waals surface area contributed by atoms with E-state index in [0.717, 1.165) is 35.5 Å². The molecular weight excluding hydrogens is 314 g/mol. The molecule has 106 valence electrons. The summed E-state index contributed by atoms with van der Waals surface area (Å²) in [5.41, 5.74) is 2.39. The molecule has 3 rings (SSSR count). The van der Waals surface area contributed by atoms with Crippen molar-refractivity contribution in [1.29, 1.82) is 0 Å². The van der Waals surface area contributed by atoms with E-state index in [4.69, 9.17) is 0 Å². The summed E-state index contributed by atoms with van der Waals surface area (Å²) in [5, 5.41) is 4.54. The highest BCUT2D eigenvalue weighted by molar-refractivity contribution is 9.10. The molecule has 3 nitrogen and oxygen atoms in total. The first-order valence-corrected chi connectivity index (χ1v) is 8.01. The maximum absolute atomic E-state index is 4.46. The topological polar surface area (TPSA) is 28.2 Å². The van der Waals surface area contributed by atoms with E-state index in [9.17, 15) is 0 Å². The first-order chi connectivity index (χ1) is 9.78. The van der Waals surface area contributed by atoms with Gasteiger partial charge in [0.1, 0.15) is 0 Å². The van der Waals surface area contributed by atoms with Crippen LogP contribution in [0.15, 0.2) is 34.9 Å². The van der Waals surface area contributed by atoms with E-state index in [1.54, 1.807) is 0 Å². The Morgan fingerprint density at radius 1 is 1.30 bits per heavy atom. The number of halogens is 1. The highest BCUT2D eigenvalue weighted by Crippen LogP contribution is 2.30. The van der Waals surface area contributed by atoms with E-state index >= 15 is 0 Å². The third kappa shape index (κ3) is 2.81. The standard InChI is InChI=1S/C16H20BrN3/c1-18-11-12-5-8-20(9-6-12)16-4-7-19-15-3-2-13(17)10-14(15)16/h2-4,7,10,12,18H,5-6,8-9,11H2,1H3. The van der Waals surface area contributed by atoms with Crippen molar-refractivity contribution >= 4 is 32.5 Å². The number of benzene rings is 1. The predicted octanol–water partition coefficient (Wildman–Crippen LogP) is 3.43. The van der Waals surface area contributed by atoms with Gasteiger partial charge < -0.3 is 10.2 Å². The van der Waals surface area contributed by atoms with Crippen LogP contribution in [-0.4, -0.2) is 31.7 Å². The highest BCUT2D eigenvalue weighted by atomic mass is 79.9. The van der Waals surface area contributed by atoms with E-state index in [-0.39, 0.29) is 0 Å². The average molecular weight is 334 g/mol. The SMILES string of the molecule is CNCC1CCN(c2ccnc3ccc(Br)cc23)CC1. The van der Waals surface area contributed by atoms with Crippen molar-refractivity contribution in [3.63, 3.8) is 0 Å². The van der Waals surface area contributed by atoms with Crippen LogP contribution in [-0.2, 0) is 0 Å². The molecule has 0 saturated carbocycles. The van der Waals surface area contributed by atoms with Crippen molar-refractivity contribution in [2.45, 2.75) is 12.8 Å². The Labute approximate surface area is 128 Å². The fraction of sp³-hybridized carbons (Fsp3) is 0.438. The zero-order valence-corrected chi connectivity index (χ0v) is 13.4. The minimum absolute atomic E-state index is 0.816. The van der Waals surface area contributed by atoms with Crippen molar-refractivity contribution in [3.05, 3.63) is 34.9 Å². The Kier molecular flexibility index (Phi) is 4.22. The first kappa shape index (κ1) is 13.8. The number of nitrogens with zero attached hydrogens (tertiary/aromatic N) is 2. The van der Waals surface area contributed by atoms with Crippen molar-refractivity contribution in [1.82, 2.24) is 10.3 Å². The van der Waals surface area contributed by atoms with Crippen molar-refractivity contribution in [3.8, 4) is 0 Å². The predicted molar refractivity (Wildman–Crippen MR) is 88.3 cm³/mol. The second-order valence-corrected chi connectivity index (χ2v) is 6.40. The Bertz CT molecular complexity index is 591. The van der Waals surface area contributed by atoms with Crippen LogP contribution < -0.4 is 10.2 Å². The monoisotopic (exact) mass is 333 g/mol. The molecule has 20 heavy (non-hydrogen) atoms. The van der Waals surface area contributed by atoms with Crippen LogP contribution in [0, 0.1) is 5.92 Å². The molecule has 1 aliphatic heterocycles. The molecule has 1 fully saturated rings. The second kappa shape index (κ2) is 6.10. The number of fused-ring (bicyclic) bond motifs is 1. The van der Waals surface area contributed by atoms with Crippen molar-refractivity contribution in [2.24, 2.45) is 5.92 Å². The van der Waals surface area contributed by atoms with Gasteiger partial charge >= 0.3 is 0 Å². The molecule has 0 aliphatic carbocycles. The molecule has 1 aliphatic rings. The van der Waals surface area contributed by atoms with Gasteiger partial charge in [0, 0.05) is 34.8 Å². The number of pyridine rings is 1. The molecular formula is C16H20BrN3. The Morgan fingerprint density at radius 3 is 2.85 bits per heavy atom. The summed E-state index contributed by atoms with van der Waals surface area (Å²) in [6, 6.07) is 8.46. The maximum Gasteiger partial charge on any atom is 0.0723 e. The fourth-order valence-corrected chi connectivity index (χ4v) is 3.41.